The zero-order valence-electron chi connectivity index (χ0n) is 28.9. The van der Waals surface area contributed by atoms with Gasteiger partial charge in [0, 0.05) is 17.0 Å². The molecule has 0 bridgehead atoms. The van der Waals surface area contributed by atoms with Crippen LogP contribution in [0.4, 0.5) is 26.3 Å². The van der Waals surface area contributed by atoms with E-state index in [0.29, 0.717) is 11.1 Å². The largest absolute Gasteiger partial charge is 0.573 e. The van der Waals surface area contributed by atoms with Crippen LogP contribution in [0.2, 0.25) is 0 Å². The number of carboxylic acids is 1. The predicted octanol–water partition coefficient (Wildman–Crippen LogP) is 9.07. The quantitative estimate of drug-likeness (QED) is 0.0383. The number of ether oxygens (including phenoxy) is 4. The van der Waals surface area contributed by atoms with Gasteiger partial charge in [-0.1, -0.05) is 104 Å². The lowest BCUT2D eigenvalue weighted by molar-refractivity contribution is -0.276. The summed E-state index contributed by atoms with van der Waals surface area (Å²) in [7, 11) is -4.66. The van der Waals surface area contributed by atoms with Crippen molar-refractivity contribution in [2.45, 2.75) is 52.2 Å². The van der Waals surface area contributed by atoms with E-state index >= 15 is 0 Å². The number of phosphoric ester groups is 1. The molecule has 0 radical (unpaired) electrons. The van der Waals surface area contributed by atoms with Crippen molar-refractivity contribution < 1.29 is 78.4 Å². The van der Waals surface area contributed by atoms with E-state index in [-0.39, 0.29) is 24.3 Å². The van der Waals surface area contributed by atoms with Crippen molar-refractivity contribution in [2.75, 3.05) is 6.61 Å². The van der Waals surface area contributed by atoms with Gasteiger partial charge >= 0.3 is 26.5 Å². The Morgan fingerprint density at radius 2 is 1.07 bits per heavy atom. The highest BCUT2D eigenvalue weighted by Gasteiger charge is 2.38. The molecule has 0 spiro atoms. The Morgan fingerprint density at radius 1 is 0.655 bits per heavy atom. The van der Waals surface area contributed by atoms with E-state index in [1.807, 2.05) is 0 Å². The lowest BCUT2D eigenvalue weighted by Gasteiger charge is -2.29. The highest BCUT2D eigenvalue weighted by molar-refractivity contribution is 7.48. The summed E-state index contributed by atoms with van der Waals surface area (Å²) in [6, 6.07) is 26.4. The van der Waals surface area contributed by atoms with Crippen LogP contribution in [-0.4, -0.2) is 41.6 Å². The lowest BCUT2D eigenvalue weighted by atomic mass is 10.0. The number of phosphoric acid groups is 1. The number of carbonyl (C=O) groups is 1. The van der Waals surface area contributed by atoms with Crippen LogP contribution in [0.3, 0.4) is 0 Å². The Balaban J connectivity index is 1.72. The Hall–Kier alpha value is -5.06. The average molecular weight is 801 g/mol. The van der Waals surface area contributed by atoms with Gasteiger partial charge in [0.25, 0.3) is 0 Å². The first-order valence-electron chi connectivity index (χ1n) is 16.2. The van der Waals surface area contributed by atoms with Gasteiger partial charge in [0.15, 0.2) is 5.76 Å². The van der Waals surface area contributed by atoms with Crippen molar-refractivity contribution in [1.82, 2.24) is 0 Å². The minimum atomic E-state index is -5.11. The van der Waals surface area contributed by atoms with Crippen LogP contribution in [0, 0.1) is 5.92 Å². The van der Waals surface area contributed by atoms with Crippen molar-refractivity contribution in [1.29, 1.82) is 0 Å². The van der Waals surface area contributed by atoms with E-state index in [1.54, 1.807) is 60.7 Å². The maximum Gasteiger partial charge on any atom is 0.573 e. The molecule has 4 rings (SSSR count). The van der Waals surface area contributed by atoms with Crippen molar-refractivity contribution in [2.24, 2.45) is 5.92 Å². The van der Waals surface area contributed by atoms with Crippen molar-refractivity contribution in [3.8, 4) is 11.5 Å². The summed E-state index contributed by atoms with van der Waals surface area (Å²) in [6.07, 6.45) is -11.9. The van der Waals surface area contributed by atoms with Crippen molar-refractivity contribution >= 4 is 13.8 Å². The fourth-order valence-corrected chi connectivity index (χ4v) is 6.20. The number of hydrogen-bond acceptors (Lipinski definition) is 10. The fraction of sp³-hybridized carbons (Fsp3) is 0.270. The molecule has 0 unspecified atom stereocenters. The summed E-state index contributed by atoms with van der Waals surface area (Å²) in [6.45, 7) is -1.95. The minimum absolute atomic E-state index is 0.220. The number of halogens is 6. The minimum Gasteiger partial charge on any atom is -0.489 e. The molecule has 0 saturated carbocycles. The molecule has 0 aliphatic carbocycles. The van der Waals surface area contributed by atoms with Crippen LogP contribution in [0.5, 0.6) is 11.5 Å². The van der Waals surface area contributed by atoms with Crippen molar-refractivity contribution in [3.05, 3.63) is 143 Å². The van der Waals surface area contributed by atoms with Gasteiger partial charge in [-0.15, -0.1) is 26.3 Å². The van der Waals surface area contributed by atoms with Crippen LogP contribution in [0.15, 0.2) is 121 Å². The average Bonchev–Trinajstić information content (AvgIpc) is 3.14. The molecule has 11 nitrogen and oxygen atoms in total. The van der Waals surface area contributed by atoms with E-state index in [1.165, 1.54) is 43.3 Å². The Bertz CT molecular complexity index is 1860. The number of aliphatic hydroxyl groups is 1. The van der Waals surface area contributed by atoms with Gasteiger partial charge in [-0.3, -0.25) is 13.6 Å². The molecule has 0 fully saturated rings. The zero-order chi connectivity index (χ0) is 40.1. The monoisotopic (exact) mass is 800 g/mol. The summed E-state index contributed by atoms with van der Waals surface area (Å²) in [4.78, 5) is 12.7. The van der Waals surface area contributed by atoms with Gasteiger partial charge in [-0.25, -0.2) is 9.36 Å². The molecule has 4 aromatic rings. The SMILES string of the molecule is C[C@@H](/C(OCc1ccccc1OC(F)(F)F)=C(/OCc1ccccc1OC(F)(F)F)C(=O)O)[C@H](CO)OP(=O)(OCc1ccccc1)OCc1ccccc1. The first-order valence-corrected chi connectivity index (χ1v) is 17.7. The number of aliphatic hydroxyl groups excluding tert-OH is 1. The van der Waals surface area contributed by atoms with Crippen LogP contribution in [0.1, 0.15) is 29.2 Å². The van der Waals surface area contributed by atoms with Crippen LogP contribution in [-0.2, 0) is 58.8 Å². The van der Waals surface area contributed by atoms with E-state index in [4.69, 9.17) is 23.0 Å². The molecule has 0 heterocycles. The molecule has 2 N–H and O–H groups in total. The number of alkyl halides is 6. The van der Waals surface area contributed by atoms with Gasteiger partial charge in [-0.05, 0) is 23.3 Å². The predicted molar refractivity (Wildman–Crippen MR) is 182 cm³/mol. The Morgan fingerprint density at radius 3 is 1.49 bits per heavy atom. The molecule has 0 amide bonds. The maximum atomic E-state index is 14.2. The number of carboxylic acid groups (broad SMARTS) is 1. The van der Waals surface area contributed by atoms with Gasteiger partial charge in [0.1, 0.15) is 30.8 Å². The number of rotatable bonds is 20. The van der Waals surface area contributed by atoms with E-state index in [9.17, 15) is 45.9 Å². The third-order valence-corrected chi connectivity index (χ3v) is 8.87. The standard InChI is InChI=1S/C37H35F6O11P/c1-25(32(20-44)54-55(47,50-21-26-12-4-2-5-13-26)51-22-27-14-6-3-7-15-27)33(48-23-28-16-8-10-18-30(28)52-36(38,39)40)34(35(45)46)49-24-29-17-9-11-19-31(29)53-37(41,42)43/h2-19,25,32,44H,20-24H2,1H3,(H,45,46)/b34-33-/t25-,32+/m1/s1. The summed E-state index contributed by atoms with van der Waals surface area (Å²) < 4.78 is 129. The second kappa shape index (κ2) is 19.5. The summed E-state index contributed by atoms with van der Waals surface area (Å²) in [5.74, 6) is -6.44. The molecule has 0 aliphatic rings. The number of benzene rings is 4. The topological polar surface area (TPSA) is 139 Å². The first kappa shape index (κ1) is 42.7. The van der Waals surface area contributed by atoms with E-state index in [2.05, 4.69) is 9.47 Å². The molecule has 18 heteroatoms. The number of hydrogen-bond donors (Lipinski definition) is 2. The van der Waals surface area contributed by atoms with Crippen LogP contribution in [0.25, 0.3) is 0 Å². The summed E-state index contributed by atoms with van der Waals surface area (Å²) >= 11 is 0. The molecule has 55 heavy (non-hydrogen) atoms. The molecular formula is C37H35F6O11P. The number of aliphatic carboxylic acids is 1. The fourth-order valence-electron chi connectivity index (χ4n) is 4.81. The summed E-state index contributed by atoms with van der Waals surface area (Å²) in [5.41, 5.74) is 0.645. The van der Waals surface area contributed by atoms with E-state index < -0.39 is 81.4 Å². The molecule has 2 atom stereocenters. The highest BCUT2D eigenvalue weighted by atomic mass is 31.2. The Kier molecular flexibility index (Phi) is 15.1. The lowest BCUT2D eigenvalue weighted by Crippen LogP contribution is -2.30. The molecule has 0 aromatic heterocycles. The second-order valence-corrected chi connectivity index (χ2v) is 13.1. The first-order chi connectivity index (χ1) is 26.1. The van der Waals surface area contributed by atoms with E-state index in [0.717, 1.165) is 12.1 Å². The third-order valence-electron chi connectivity index (χ3n) is 7.45. The molecule has 0 aliphatic heterocycles. The molecule has 296 valence electrons. The van der Waals surface area contributed by atoms with Gasteiger partial charge < -0.3 is 29.2 Å². The molecule has 0 saturated heterocycles. The Labute approximate surface area is 311 Å². The highest BCUT2D eigenvalue weighted by Crippen LogP contribution is 2.53. The van der Waals surface area contributed by atoms with Crippen LogP contribution >= 0.6 is 7.82 Å². The zero-order valence-corrected chi connectivity index (χ0v) is 29.8. The third kappa shape index (κ3) is 13.9. The molecular weight excluding hydrogens is 765 g/mol. The van der Waals surface area contributed by atoms with Crippen LogP contribution < -0.4 is 9.47 Å². The normalized spacial score (nSPS) is 13.7. The second-order valence-electron chi connectivity index (χ2n) is 11.5. The van der Waals surface area contributed by atoms with Gasteiger partial charge in [-0.2, -0.15) is 0 Å². The summed E-state index contributed by atoms with van der Waals surface area (Å²) in [5, 5.41) is 20.8. The smallest absolute Gasteiger partial charge is 0.489 e. The maximum absolute atomic E-state index is 14.2. The number of para-hydroxylation sites is 2. The molecule has 4 aromatic carbocycles. The van der Waals surface area contributed by atoms with Gasteiger partial charge in [0.05, 0.1) is 19.8 Å². The van der Waals surface area contributed by atoms with Crippen molar-refractivity contribution in [3.63, 3.8) is 0 Å². The van der Waals surface area contributed by atoms with Gasteiger partial charge in [0.2, 0.25) is 5.76 Å².